The van der Waals surface area contributed by atoms with Gasteiger partial charge in [0.15, 0.2) is 0 Å². The van der Waals surface area contributed by atoms with Gasteiger partial charge in [-0.15, -0.1) is 0 Å². The van der Waals surface area contributed by atoms with Gasteiger partial charge in [-0.05, 0) is 61.3 Å². The molecule has 3 aliphatic rings. The molecule has 0 aromatic heterocycles. The SMILES string of the molecule is O=C(O)c1ccc2c(c1)CCCN2S(=O)(=O)N1C[C@H]2CC[C@H]2C1. The third-order valence-corrected chi connectivity index (χ3v) is 7.35. The van der Waals surface area contributed by atoms with Crippen molar-refractivity contribution in [2.75, 3.05) is 23.9 Å². The molecule has 7 heteroatoms. The summed E-state index contributed by atoms with van der Waals surface area (Å²) < 4.78 is 29.1. The number of nitrogens with zero attached hydrogens (tertiary/aromatic N) is 2. The summed E-state index contributed by atoms with van der Waals surface area (Å²) in [6, 6.07) is 4.73. The molecule has 0 unspecified atom stereocenters. The molecule has 124 valence electrons. The van der Waals surface area contributed by atoms with E-state index < -0.39 is 16.2 Å². The predicted molar refractivity (Wildman–Crippen MR) is 85.8 cm³/mol. The molecule has 0 spiro atoms. The van der Waals surface area contributed by atoms with Crippen LogP contribution >= 0.6 is 0 Å². The van der Waals surface area contributed by atoms with Crippen LogP contribution < -0.4 is 4.31 Å². The number of carboxylic acid groups (broad SMARTS) is 1. The monoisotopic (exact) mass is 336 g/mol. The normalized spacial score (nSPS) is 27.2. The van der Waals surface area contributed by atoms with Gasteiger partial charge in [0.05, 0.1) is 11.3 Å². The average Bonchev–Trinajstić information content (AvgIpc) is 2.81. The van der Waals surface area contributed by atoms with E-state index in [1.165, 1.54) is 10.4 Å². The van der Waals surface area contributed by atoms with Crippen molar-refractivity contribution in [3.63, 3.8) is 0 Å². The second-order valence-corrected chi connectivity index (χ2v) is 8.60. The summed E-state index contributed by atoms with van der Waals surface area (Å²) in [5, 5.41) is 9.11. The van der Waals surface area contributed by atoms with E-state index >= 15 is 0 Å². The molecule has 1 aliphatic carbocycles. The van der Waals surface area contributed by atoms with Gasteiger partial charge in [-0.1, -0.05) is 0 Å². The van der Waals surface area contributed by atoms with Gasteiger partial charge in [0.25, 0.3) is 0 Å². The minimum Gasteiger partial charge on any atom is -0.478 e. The first kappa shape index (κ1) is 15.0. The number of carboxylic acids is 1. The Kier molecular flexibility index (Phi) is 3.39. The number of fused-ring (bicyclic) bond motifs is 2. The van der Waals surface area contributed by atoms with Crippen LogP contribution in [0.2, 0.25) is 0 Å². The second-order valence-electron chi connectivity index (χ2n) is 6.75. The molecular weight excluding hydrogens is 316 g/mol. The van der Waals surface area contributed by atoms with Crippen LogP contribution in [0, 0.1) is 11.8 Å². The largest absolute Gasteiger partial charge is 0.478 e. The van der Waals surface area contributed by atoms with E-state index in [1.54, 1.807) is 16.4 Å². The van der Waals surface area contributed by atoms with Crippen LogP contribution in [0.25, 0.3) is 0 Å². The molecular formula is C16H20N2O4S. The molecule has 1 saturated carbocycles. The summed E-state index contributed by atoms with van der Waals surface area (Å²) in [5.74, 6) is 0.0794. The van der Waals surface area contributed by atoms with Crippen LogP contribution in [0.15, 0.2) is 18.2 Å². The van der Waals surface area contributed by atoms with Crippen LogP contribution in [-0.2, 0) is 16.6 Å². The lowest BCUT2D eigenvalue weighted by Gasteiger charge is -2.33. The molecule has 1 saturated heterocycles. The minimum atomic E-state index is -3.51. The van der Waals surface area contributed by atoms with Gasteiger partial charge < -0.3 is 5.11 Å². The summed E-state index contributed by atoms with van der Waals surface area (Å²) in [4.78, 5) is 11.1. The second kappa shape index (κ2) is 5.21. The Morgan fingerprint density at radius 3 is 2.48 bits per heavy atom. The van der Waals surface area contributed by atoms with Crippen LogP contribution in [0.3, 0.4) is 0 Å². The minimum absolute atomic E-state index is 0.210. The summed E-state index contributed by atoms with van der Waals surface area (Å²) in [7, 11) is -3.51. The van der Waals surface area contributed by atoms with Crippen molar-refractivity contribution in [2.24, 2.45) is 11.8 Å². The van der Waals surface area contributed by atoms with Crippen molar-refractivity contribution in [1.29, 1.82) is 0 Å². The highest BCUT2D eigenvalue weighted by Gasteiger charge is 2.45. The zero-order chi connectivity index (χ0) is 16.2. The zero-order valence-corrected chi connectivity index (χ0v) is 13.6. The number of aromatic carboxylic acids is 1. The molecule has 2 heterocycles. The van der Waals surface area contributed by atoms with Crippen LogP contribution in [-0.4, -0.2) is 43.4 Å². The quantitative estimate of drug-likeness (QED) is 0.912. The number of hydrogen-bond acceptors (Lipinski definition) is 3. The Morgan fingerprint density at radius 2 is 1.87 bits per heavy atom. The highest BCUT2D eigenvalue weighted by Crippen LogP contribution is 2.42. The Bertz CT molecular complexity index is 749. The Balaban J connectivity index is 1.67. The van der Waals surface area contributed by atoms with Gasteiger partial charge in [0.2, 0.25) is 0 Å². The van der Waals surface area contributed by atoms with Crippen LogP contribution in [0.4, 0.5) is 5.69 Å². The van der Waals surface area contributed by atoms with E-state index in [2.05, 4.69) is 0 Å². The van der Waals surface area contributed by atoms with E-state index in [1.807, 2.05) is 0 Å². The van der Waals surface area contributed by atoms with E-state index in [0.717, 1.165) is 24.8 Å². The summed E-state index contributed by atoms with van der Waals surface area (Å²) >= 11 is 0. The van der Waals surface area contributed by atoms with Crippen LogP contribution in [0.1, 0.15) is 35.2 Å². The van der Waals surface area contributed by atoms with E-state index in [9.17, 15) is 13.2 Å². The first-order valence-corrected chi connectivity index (χ1v) is 9.50. The van der Waals surface area contributed by atoms with Crippen molar-refractivity contribution in [1.82, 2.24) is 4.31 Å². The van der Waals surface area contributed by atoms with Crippen molar-refractivity contribution in [3.05, 3.63) is 29.3 Å². The Morgan fingerprint density at radius 1 is 1.17 bits per heavy atom. The highest BCUT2D eigenvalue weighted by atomic mass is 32.2. The van der Waals surface area contributed by atoms with Crippen molar-refractivity contribution in [3.8, 4) is 0 Å². The lowest BCUT2D eigenvalue weighted by molar-refractivity contribution is 0.0696. The third-order valence-electron chi connectivity index (χ3n) is 5.46. The number of anilines is 1. The topological polar surface area (TPSA) is 77.9 Å². The van der Waals surface area contributed by atoms with E-state index in [4.69, 9.17) is 5.11 Å². The van der Waals surface area contributed by atoms with Gasteiger partial charge >= 0.3 is 16.2 Å². The van der Waals surface area contributed by atoms with Crippen molar-refractivity contribution < 1.29 is 18.3 Å². The van der Waals surface area contributed by atoms with Crippen molar-refractivity contribution >= 4 is 21.9 Å². The fraction of sp³-hybridized carbons (Fsp3) is 0.562. The third kappa shape index (κ3) is 2.33. The smallest absolute Gasteiger partial charge is 0.335 e. The molecule has 0 radical (unpaired) electrons. The molecule has 1 aromatic carbocycles. The molecule has 2 atom stereocenters. The standard InChI is InChI=1S/C16H20N2O4S/c19-16(20)12-5-6-15-11(8-12)2-1-7-18(15)23(21,22)17-9-13-3-4-14(13)10-17/h5-6,8,13-14H,1-4,7,9-10H2,(H,19,20)/t13-,14+. The Labute approximate surface area is 135 Å². The maximum Gasteiger partial charge on any atom is 0.335 e. The molecule has 23 heavy (non-hydrogen) atoms. The Hall–Kier alpha value is -1.60. The highest BCUT2D eigenvalue weighted by molar-refractivity contribution is 7.90. The number of aryl methyl sites for hydroxylation is 1. The molecule has 4 rings (SSSR count). The number of rotatable bonds is 3. The summed E-state index contributed by atoms with van der Waals surface area (Å²) in [5.41, 5.74) is 1.66. The molecule has 0 amide bonds. The molecule has 1 aromatic rings. The van der Waals surface area contributed by atoms with Gasteiger partial charge in [-0.25, -0.2) is 4.79 Å². The molecule has 6 nitrogen and oxygen atoms in total. The molecule has 1 N–H and O–H groups in total. The van der Waals surface area contributed by atoms with Gasteiger partial charge in [-0.3, -0.25) is 4.31 Å². The van der Waals surface area contributed by atoms with Crippen molar-refractivity contribution in [2.45, 2.75) is 25.7 Å². The molecule has 0 bridgehead atoms. The van der Waals surface area contributed by atoms with Gasteiger partial charge in [0, 0.05) is 19.6 Å². The van der Waals surface area contributed by atoms with Gasteiger partial charge in [-0.2, -0.15) is 12.7 Å². The van der Waals surface area contributed by atoms with E-state index in [-0.39, 0.29) is 5.56 Å². The predicted octanol–water partition coefficient (Wildman–Crippen LogP) is 1.72. The summed E-state index contributed by atoms with van der Waals surface area (Å²) in [6.45, 7) is 1.73. The first-order valence-electron chi connectivity index (χ1n) is 8.11. The average molecular weight is 336 g/mol. The number of hydrogen-bond donors (Lipinski definition) is 1. The van der Waals surface area contributed by atoms with Gasteiger partial charge in [0.1, 0.15) is 0 Å². The lowest BCUT2D eigenvalue weighted by atomic mass is 9.77. The maximum atomic E-state index is 13.0. The number of carbonyl (C=O) groups is 1. The lowest BCUT2D eigenvalue weighted by Crippen LogP contribution is -2.45. The fourth-order valence-electron chi connectivity index (χ4n) is 3.98. The first-order chi connectivity index (χ1) is 11.0. The van der Waals surface area contributed by atoms with Crippen LogP contribution in [0.5, 0.6) is 0 Å². The fourth-order valence-corrected chi connectivity index (χ4v) is 5.80. The molecule has 2 aliphatic heterocycles. The number of benzene rings is 1. The van der Waals surface area contributed by atoms with E-state index in [0.29, 0.717) is 43.6 Å². The summed E-state index contributed by atoms with van der Waals surface area (Å²) in [6.07, 6.45) is 3.70. The maximum absolute atomic E-state index is 13.0. The zero-order valence-electron chi connectivity index (χ0n) is 12.8. The molecule has 2 fully saturated rings.